The van der Waals surface area contributed by atoms with Gasteiger partial charge in [0.25, 0.3) is 0 Å². The topological polar surface area (TPSA) is 97.4 Å². The number of rotatable bonds is 3. The number of anilines is 3. The van der Waals surface area contributed by atoms with Crippen LogP contribution in [0.2, 0.25) is 0 Å². The van der Waals surface area contributed by atoms with Gasteiger partial charge >= 0.3 is 0 Å². The van der Waals surface area contributed by atoms with Crippen molar-refractivity contribution >= 4 is 43.7 Å². The molecule has 0 spiro atoms. The molecule has 1 saturated heterocycles. The second kappa shape index (κ2) is 7.11. The Kier molecular flexibility index (Phi) is 4.74. The average Bonchev–Trinajstić information content (AvgIpc) is 2.99. The molecule has 29 heavy (non-hydrogen) atoms. The van der Waals surface area contributed by atoms with Crippen LogP contribution in [0.5, 0.6) is 0 Å². The van der Waals surface area contributed by atoms with E-state index in [2.05, 4.69) is 26.9 Å². The van der Waals surface area contributed by atoms with Crippen LogP contribution in [0.3, 0.4) is 0 Å². The number of carbonyl (C=O) groups is 1. The largest absolute Gasteiger partial charge is 0.397 e. The standard InChI is InChI=1S/C21H24N4O3S/c1-14(26)23-17-5-3-15(4-6-17)20-12-16-11-18(13-19(22)21(16)24(20)2)25-7-9-29(27,28)10-8-25/h3-6,11-13H,7-10,22H2,1-2H3,(H,23,26). The Morgan fingerprint density at radius 1 is 1.07 bits per heavy atom. The summed E-state index contributed by atoms with van der Waals surface area (Å²) in [5.74, 6) is 0.241. The summed E-state index contributed by atoms with van der Waals surface area (Å²) in [6, 6.07) is 13.7. The molecule has 3 aromatic rings. The van der Waals surface area contributed by atoms with Crippen LogP contribution in [-0.4, -0.2) is 43.5 Å². The SMILES string of the molecule is CC(=O)Nc1ccc(-c2cc3cc(N4CCS(=O)(=O)CC4)cc(N)c3n2C)cc1. The maximum atomic E-state index is 11.7. The molecule has 2 aromatic carbocycles. The normalized spacial score (nSPS) is 16.1. The quantitative estimate of drug-likeness (QED) is 0.645. The minimum Gasteiger partial charge on any atom is -0.397 e. The number of fused-ring (bicyclic) bond motifs is 1. The first-order valence-electron chi connectivity index (χ1n) is 9.46. The van der Waals surface area contributed by atoms with Crippen LogP contribution in [0.15, 0.2) is 42.5 Å². The molecule has 0 saturated carbocycles. The minimum absolute atomic E-state index is 0.104. The van der Waals surface area contributed by atoms with Crippen molar-refractivity contribution in [1.29, 1.82) is 0 Å². The fourth-order valence-electron chi connectivity index (χ4n) is 3.88. The van der Waals surface area contributed by atoms with E-state index in [-0.39, 0.29) is 17.4 Å². The Morgan fingerprint density at radius 2 is 1.72 bits per heavy atom. The van der Waals surface area contributed by atoms with Crippen molar-refractivity contribution in [2.75, 3.05) is 40.5 Å². The summed E-state index contributed by atoms with van der Waals surface area (Å²) >= 11 is 0. The predicted octanol–water partition coefficient (Wildman–Crippen LogP) is 2.62. The van der Waals surface area contributed by atoms with Crippen LogP contribution in [-0.2, 0) is 21.7 Å². The molecule has 0 aliphatic carbocycles. The number of nitrogens with zero attached hydrogens (tertiary/aromatic N) is 2. The molecule has 1 amide bonds. The molecule has 7 nitrogen and oxygen atoms in total. The van der Waals surface area contributed by atoms with Crippen molar-refractivity contribution in [2.24, 2.45) is 7.05 Å². The van der Waals surface area contributed by atoms with Crippen molar-refractivity contribution < 1.29 is 13.2 Å². The van der Waals surface area contributed by atoms with Gasteiger partial charge in [-0.2, -0.15) is 0 Å². The summed E-state index contributed by atoms with van der Waals surface area (Å²) in [5.41, 5.74) is 11.7. The number of aryl methyl sites for hydroxylation is 1. The lowest BCUT2D eigenvalue weighted by molar-refractivity contribution is -0.114. The zero-order valence-electron chi connectivity index (χ0n) is 16.5. The zero-order valence-corrected chi connectivity index (χ0v) is 17.3. The third kappa shape index (κ3) is 3.80. The molecule has 1 aromatic heterocycles. The Bertz CT molecular complexity index is 1180. The monoisotopic (exact) mass is 412 g/mol. The Hall–Kier alpha value is -3.00. The average molecular weight is 413 g/mol. The highest BCUT2D eigenvalue weighted by Crippen LogP contribution is 2.34. The van der Waals surface area contributed by atoms with E-state index in [4.69, 9.17) is 5.73 Å². The highest BCUT2D eigenvalue weighted by atomic mass is 32.2. The molecular formula is C21H24N4O3S. The van der Waals surface area contributed by atoms with Crippen LogP contribution in [0.25, 0.3) is 22.2 Å². The number of nitrogens with two attached hydrogens (primary N) is 1. The van der Waals surface area contributed by atoms with E-state index >= 15 is 0 Å². The van der Waals surface area contributed by atoms with Gasteiger partial charge in [-0.05, 0) is 35.9 Å². The third-order valence-corrected chi connectivity index (χ3v) is 6.96. The summed E-state index contributed by atoms with van der Waals surface area (Å²) in [7, 11) is -0.954. The molecule has 0 radical (unpaired) electrons. The lowest BCUT2D eigenvalue weighted by Gasteiger charge is -2.29. The molecule has 152 valence electrons. The number of carbonyl (C=O) groups excluding carboxylic acids is 1. The molecule has 0 unspecified atom stereocenters. The van der Waals surface area contributed by atoms with E-state index in [0.29, 0.717) is 18.8 Å². The minimum atomic E-state index is -2.93. The van der Waals surface area contributed by atoms with Crippen molar-refractivity contribution in [3.05, 3.63) is 42.5 Å². The number of benzene rings is 2. The first kappa shape index (κ1) is 19.3. The van der Waals surface area contributed by atoms with Crippen LogP contribution in [0.4, 0.5) is 17.1 Å². The zero-order chi connectivity index (χ0) is 20.8. The first-order valence-corrected chi connectivity index (χ1v) is 11.3. The van der Waals surface area contributed by atoms with Crippen LogP contribution in [0, 0.1) is 0 Å². The molecule has 0 bridgehead atoms. The number of hydrogen-bond acceptors (Lipinski definition) is 5. The van der Waals surface area contributed by atoms with Crippen molar-refractivity contribution in [3.63, 3.8) is 0 Å². The molecule has 3 N–H and O–H groups in total. The van der Waals surface area contributed by atoms with Gasteiger partial charge in [0.1, 0.15) is 0 Å². The van der Waals surface area contributed by atoms with Crippen LogP contribution >= 0.6 is 0 Å². The van der Waals surface area contributed by atoms with Gasteiger partial charge in [-0.3, -0.25) is 4.79 Å². The van der Waals surface area contributed by atoms with E-state index in [1.165, 1.54) is 6.92 Å². The number of nitrogen functional groups attached to an aromatic ring is 1. The van der Waals surface area contributed by atoms with E-state index in [1.807, 2.05) is 37.4 Å². The van der Waals surface area contributed by atoms with Crippen molar-refractivity contribution in [1.82, 2.24) is 4.57 Å². The van der Waals surface area contributed by atoms with Crippen LogP contribution < -0.4 is 16.0 Å². The number of aromatic nitrogens is 1. The van der Waals surface area contributed by atoms with E-state index < -0.39 is 9.84 Å². The summed E-state index contributed by atoms with van der Waals surface area (Å²) < 4.78 is 25.5. The van der Waals surface area contributed by atoms with Gasteiger partial charge in [0, 0.05) is 49.5 Å². The number of hydrogen-bond donors (Lipinski definition) is 2. The molecule has 1 aliphatic heterocycles. The summed E-state index contributed by atoms with van der Waals surface area (Å²) in [6.45, 7) is 2.45. The van der Waals surface area contributed by atoms with E-state index in [1.54, 1.807) is 0 Å². The fourth-order valence-corrected chi connectivity index (χ4v) is 5.08. The van der Waals surface area contributed by atoms with Gasteiger partial charge in [-0.25, -0.2) is 8.42 Å². The van der Waals surface area contributed by atoms with E-state index in [9.17, 15) is 13.2 Å². The third-order valence-electron chi connectivity index (χ3n) is 5.35. The van der Waals surface area contributed by atoms with Crippen molar-refractivity contribution in [3.8, 4) is 11.3 Å². The highest BCUT2D eigenvalue weighted by molar-refractivity contribution is 7.91. The molecule has 2 heterocycles. The predicted molar refractivity (Wildman–Crippen MR) is 118 cm³/mol. The van der Waals surface area contributed by atoms with Gasteiger partial charge in [-0.1, -0.05) is 12.1 Å². The number of amides is 1. The lowest BCUT2D eigenvalue weighted by atomic mass is 10.1. The maximum Gasteiger partial charge on any atom is 0.221 e. The second-order valence-electron chi connectivity index (χ2n) is 7.46. The van der Waals surface area contributed by atoms with Gasteiger partial charge in [0.15, 0.2) is 9.84 Å². The smallest absolute Gasteiger partial charge is 0.221 e. The Labute approximate surface area is 170 Å². The maximum absolute atomic E-state index is 11.7. The first-order chi connectivity index (χ1) is 13.7. The van der Waals surface area contributed by atoms with Crippen molar-refractivity contribution in [2.45, 2.75) is 6.92 Å². The van der Waals surface area contributed by atoms with Gasteiger partial charge in [-0.15, -0.1) is 0 Å². The molecule has 1 fully saturated rings. The Balaban J connectivity index is 1.70. The number of nitrogens with one attached hydrogen (secondary N) is 1. The van der Waals surface area contributed by atoms with Gasteiger partial charge in [0.2, 0.25) is 5.91 Å². The summed E-state index contributed by atoms with van der Waals surface area (Å²) in [4.78, 5) is 13.3. The summed E-state index contributed by atoms with van der Waals surface area (Å²) in [6.07, 6.45) is 0. The molecule has 1 aliphatic rings. The van der Waals surface area contributed by atoms with Crippen LogP contribution in [0.1, 0.15) is 6.92 Å². The molecule has 8 heteroatoms. The molecular weight excluding hydrogens is 388 g/mol. The lowest BCUT2D eigenvalue weighted by Crippen LogP contribution is -2.40. The molecule has 0 atom stereocenters. The van der Waals surface area contributed by atoms with Gasteiger partial charge in [0.05, 0.1) is 22.7 Å². The second-order valence-corrected chi connectivity index (χ2v) is 9.76. The summed E-state index contributed by atoms with van der Waals surface area (Å²) in [5, 5.41) is 3.78. The number of sulfone groups is 1. The van der Waals surface area contributed by atoms with Gasteiger partial charge < -0.3 is 20.5 Å². The fraction of sp³-hybridized carbons (Fsp3) is 0.286. The molecule has 4 rings (SSSR count). The highest BCUT2D eigenvalue weighted by Gasteiger charge is 2.23. The van der Waals surface area contributed by atoms with E-state index in [0.717, 1.165) is 33.5 Å². The Morgan fingerprint density at radius 3 is 2.34 bits per heavy atom.